The molecule has 11 nitrogen and oxygen atoms in total. The fourth-order valence-electron chi connectivity index (χ4n) is 8.23. The summed E-state index contributed by atoms with van der Waals surface area (Å²) in [6.07, 6.45) is 2.00. The lowest BCUT2D eigenvalue weighted by Crippen LogP contribution is -2.66. The maximum atomic E-state index is 14.1. The van der Waals surface area contributed by atoms with E-state index in [1.54, 1.807) is 32.2 Å². The summed E-state index contributed by atoms with van der Waals surface area (Å²) in [6.45, 7) is 4.94. The average molecular weight is 586 g/mol. The van der Waals surface area contributed by atoms with Gasteiger partial charge in [-0.1, -0.05) is 6.42 Å². The van der Waals surface area contributed by atoms with E-state index in [-0.39, 0.29) is 29.7 Å². The van der Waals surface area contributed by atoms with Gasteiger partial charge in [-0.3, -0.25) is 19.4 Å². The largest absolute Gasteiger partial charge is 0.510 e. The van der Waals surface area contributed by atoms with E-state index >= 15 is 0 Å². The zero-order chi connectivity index (χ0) is 30.8. The molecule has 11 heteroatoms. The predicted molar refractivity (Wildman–Crippen MR) is 154 cm³/mol. The highest BCUT2D eigenvalue weighted by atomic mass is 16.5. The van der Waals surface area contributed by atoms with Crippen molar-refractivity contribution >= 4 is 11.7 Å². The van der Waals surface area contributed by atoms with Crippen molar-refractivity contribution < 1.29 is 39.5 Å². The molecule has 0 aromatic heterocycles. The minimum atomic E-state index is -1.93. The number of primary amides is 1. The molecule has 0 spiro atoms. The summed E-state index contributed by atoms with van der Waals surface area (Å²) >= 11 is 0. The van der Waals surface area contributed by atoms with E-state index in [2.05, 4.69) is 18.7 Å². The Morgan fingerprint density at radius 3 is 2.36 bits per heavy atom. The van der Waals surface area contributed by atoms with Crippen molar-refractivity contribution in [2.24, 2.45) is 17.6 Å². The molecule has 1 heterocycles. The molecule has 0 bridgehead atoms. The van der Waals surface area contributed by atoms with Crippen LogP contribution >= 0.6 is 0 Å². The number of carbonyl (C=O) groups excluding carboxylic acids is 2. The number of nitrogens with zero attached hydrogens (tertiary/aromatic N) is 2. The molecule has 6 N–H and O–H groups in total. The molecular weight excluding hydrogens is 542 g/mol. The molecule has 1 aromatic carbocycles. The summed E-state index contributed by atoms with van der Waals surface area (Å²) in [4.78, 5) is 30.6. The summed E-state index contributed by atoms with van der Waals surface area (Å²) in [5, 5.41) is 45.6. The van der Waals surface area contributed by atoms with E-state index in [9.17, 15) is 30.0 Å². The van der Waals surface area contributed by atoms with Crippen molar-refractivity contribution in [1.82, 2.24) is 9.80 Å². The summed E-state index contributed by atoms with van der Waals surface area (Å²) in [6, 6.07) is 1.44. The number of allylic oxidation sites excluding steroid dienone is 1. The number of likely N-dealkylation sites (N-methyl/N-ethyl adjacent to an activating group) is 1. The fraction of sp³-hybridized carbons (Fsp3) is 0.613. The van der Waals surface area contributed by atoms with Crippen LogP contribution in [0.15, 0.2) is 28.7 Å². The maximum absolute atomic E-state index is 14.1. The Morgan fingerprint density at radius 1 is 1.17 bits per heavy atom. The Kier molecular flexibility index (Phi) is 7.84. The van der Waals surface area contributed by atoms with Gasteiger partial charge in [-0.2, -0.15) is 0 Å². The molecule has 7 atom stereocenters. The number of phenolic OH excluding ortho intramolecular Hbond substituents is 1. The molecule has 1 aliphatic heterocycles. The van der Waals surface area contributed by atoms with Crippen molar-refractivity contribution in [1.29, 1.82) is 0 Å². The number of nitrogens with two attached hydrogens (primary N) is 1. The number of fused-ring (bicyclic) bond motifs is 3. The maximum Gasteiger partial charge on any atom is 0.250 e. The first-order chi connectivity index (χ1) is 19.8. The molecule has 1 unspecified atom stereocenters. The van der Waals surface area contributed by atoms with Crippen LogP contribution in [0.2, 0.25) is 0 Å². The van der Waals surface area contributed by atoms with E-state index in [1.807, 2.05) is 0 Å². The quantitative estimate of drug-likeness (QED) is 0.334. The van der Waals surface area contributed by atoms with Gasteiger partial charge in [-0.15, -0.1) is 0 Å². The number of piperidine rings is 1. The number of likely N-dealkylation sites (tertiary alicyclic amines) is 1. The van der Waals surface area contributed by atoms with Gasteiger partial charge >= 0.3 is 0 Å². The Balaban J connectivity index is 1.66. The highest BCUT2D eigenvalue weighted by Gasteiger charge is 2.64. The zero-order valence-electron chi connectivity index (χ0n) is 25.2. The highest BCUT2D eigenvalue weighted by molar-refractivity contribution is 6.14. The summed E-state index contributed by atoms with van der Waals surface area (Å²) < 4.78 is 11.7. The molecule has 4 aliphatic rings. The van der Waals surface area contributed by atoms with Gasteiger partial charge < -0.3 is 35.6 Å². The van der Waals surface area contributed by atoms with Crippen LogP contribution in [0.3, 0.4) is 0 Å². The first-order valence-electron chi connectivity index (χ1n) is 14.6. The topological polar surface area (TPSA) is 166 Å². The molecule has 0 radical (unpaired) electrons. The number of Topliss-reactive ketones (excluding diaryl/α,β-unsaturated/α-hetero) is 1. The van der Waals surface area contributed by atoms with E-state index in [0.717, 1.165) is 18.4 Å². The minimum Gasteiger partial charge on any atom is -0.510 e. The van der Waals surface area contributed by atoms with Crippen molar-refractivity contribution in [2.45, 2.75) is 82.3 Å². The summed E-state index contributed by atoms with van der Waals surface area (Å²) in [5.74, 6) is -3.53. The second-order valence-corrected chi connectivity index (χ2v) is 12.5. The number of aromatic hydroxyl groups is 1. The average Bonchev–Trinajstić information content (AvgIpc) is 2.90. The second kappa shape index (κ2) is 10.9. The van der Waals surface area contributed by atoms with Gasteiger partial charge in [0.1, 0.15) is 29.1 Å². The van der Waals surface area contributed by atoms with Crippen LogP contribution in [0.25, 0.3) is 0 Å². The van der Waals surface area contributed by atoms with E-state index in [1.165, 1.54) is 13.5 Å². The standard InChI is InChI=1S/C31H43N3O8/c1-14-8-7-9-15(2)34(14)13-17-12-20(35)22-18(27(17)41-5)10-16-11-19-24(33(3)4)26(37)23(30(32)40)29(39)31(19,42-6)28(38)21(16)25(22)36/h12,14-16,19,24,29,35,37-39H,7-11,13H2,1-6H3,(H2,32,40)/t14-,15+,16-,19-,24-,29?,31-/m0/s1. The summed E-state index contributed by atoms with van der Waals surface area (Å²) in [5.41, 5.74) is 4.55. The van der Waals surface area contributed by atoms with Crippen LogP contribution in [-0.2, 0) is 22.5 Å². The van der Waals surface area contributed by atoms with Crippen molar-refractivity contribution in [3.8, 4) is 11.5 Å². The van der Waals surface area contributed by atoms with Crippen LogP contribution < -0.4 is 10.5 Å². The third-order valence-corrected chi connectivity index (χ3v) is 10.2. The number of rotatable bonds is 6. The van der Waals surface area contributed by atoms with Crippen molar-refractivity contribution in [3.63, 3.8) is 0 Å². The summed E-state index contributed by atoms with van der Waals surface area (Å²) in [7, 11) is 6.23. The van der Waals surface area contributed by atoms with Gasteiger partial charge in [0.25, 0.3) is 5.91 Å². The van der Waals surface area contributed by atoms with Gasteiger partial charge in [0.2, 0.25) is 0 Å². The molecule has 5 rings (SSSR count). The Labute approximate surface area is 246 Å². The molecule has 1 aromatic rings. The van der Waals surface area contributed by atoms with Crippen molar-refractivity contribution in [2.75, 3.05) is 28.3 Å². The lowest BCUT2D eigenvalue weighted by molar-refractivity contribution is -0.159. The molecule has 42 heavy (non-hydrogen) atoms. The van der Waals surface area contributed by atoms with Crippen LogP contribution in [0.4, 0.5) is 0 Å². The lowest BCUT2D eigenvalue weighted by atomic mass is 9.58. The molecule has 230 valence electrons. The van der Waals surface area contributed by atoms with Gasteiger partial charge in [0.15, 0.2) is 11.4 Å². The first kappa shape index (κ1) is 30.3. The Bertz CT molecular complexity index is 1360. The number of ketones is 1. The highest BCUT2D eigenvalue weighted by Crippen LogP contribution is 2.55. The minimum absolute atomic E-state index is 0.00532. The van der Waals surface area contributed by atoms with Gasteiger partial charge in [-0.25, -0.2) is 0 Å². The number of benzene rings is 1. The third-order valence-electron chi connectivity index (χ3n) is 10.2. The smallest absolute Gasteiger partial charge is 0.250 e. The van der Waals surface area contributed by atoms with E-state index < -0.39 is 58.4 Å². The number of amides is 1. The normalized spacial score (nSPS) is 33.4. The number of phenols is 1. The number of aliphatic hydroxyl groups is 3. The first-order valence-corrected chi connectivity index (χ1v) is 14.6. The number of carbonyl (C=O) groups is 2. The lowest BCUT2D eigenvalue weighted by Gasteiger charge is -2.54. The predicted octanol–water partition coefficient (Wildman–Crippen LogP) is 2.34. The van der Waals surface area contributed by atoms with Crippen LogP contribution in [0.1, 0.15) is 61.0 Å². The molecule has 1 fully saturated rings. The number of methoxy groups -OCH3 is 2. The third kappa shape index (κ3) is 4.24. The van der Waals surface area contributed by atoms with Crippen LogP contribution in [-0.4, -0.2) is 100 Å². The zero-order valence-corrected chi connectivity index (χ0v) is 25.2. The molecule has 1 amide bonds. The Hall–Kier alpha value is -3.12. The van der Waals surface area contributed by atoms with Crippen molar-refractivity contribution in [3.05, 3.63) is 45.4 Å². The van der Waals surface area contributed by atoms with Crippen LogP contribution in [0.5, 0.6) is 11.5 Å². The number of hydrogen-bond donors (Lipinski definition) is 5. The van der Waals surface area contributed by atoms with Gasteiger partial charge in [0, 0.05) is 48.4 Å². The van der Waals surface area contributed by atoms with Gasteiger partial charge in [0.05, 0.1) is 24.3 Å². The monoisotopic (exact) mass is 585 g/mol. The van der Waals surface area contributed by atoms with Crippen LogP contribution in [0, 0.1) is 11.8 Å². The SMILES string of the molecule is COc1c(CN2[C@H](C)CCC[C@@H]2C)cc(O)c2c1C[C@H]1C[C@H]3[C@H](N(C)C)C(O)=C(C(N)=O)C(O)[C@@]3(OC)C(O)=C1C2=O. The fourth-order valence-corrected chi connectivity index (χ4v) is 8.23. The second-order valence-electron chi connectivity index (χ2n) is 12.5. The molecule has 0 saturated carbocycles. The van der Waals surface area contributed by atoms with Gasteiger partial charge in [-0.05, 0) is 65.6 Å². The number of hydrogen-bond acceptors (Lipinski definition) is 10. The number of aliphatic hydroxyl groups excluding tert-OH is 3. The Morgan fingerprint density at radius 2 is 1.81 bits per heavy atom. The number of ether oxygens (including phenoxy) is 2. The van der Waals surface area contributed by atoms with E-state index in [0.29, 0.717) is 29.9 Å². The molecular formula is C31H43N3O8. The molecule has 3 aliphatic carbocycles. The molecule has 1 saturated heterocycles. The van der Waals surface area contributed by atoms with E-state index in [4.69, 9.17) is 15.2 Å².